The van der Waals surface area contributed by atoms with Gasteiger partial charge in [-0.15, -0.1) is 0 Å². The normalized spacial score (nSPS) is 14.8. The summed E-state index contributed by atoms with van der Waals surface area (Å²) in [5, 5.41) is 97.6. The maximum Gasteiger partial charge on any atom is 0.335 e. The molecule has 0 aromatic rings. The molecule has 0 rings (SSSR count). The minimum atomic E-state index is -2.27. The average molecular weight is 728 g/mol. The van der Waals surface area contributed by atoms with Gasteiger partial charge in [0.1, 0.15) is 0 Å². The molecule has 0 aliphatic rings. The average Bonchev–Trinajstić information content (AvgIpc) is 2.64. The third kappa shape index (κ3) is 18.5. The van der Waals surface area contributed by atoms with Crippen LogP contribution in [0.4, 0.5) is 0 Å². The van der Waals surface area contributed by atoms with Crippen LogP contribution >= 0.6 is 0 Å². The molecule has 0 amide bonds. The van der Waals surface area contributed by atoms with E-state index < -0.39 is 72.4 Å². The van der Waals surface area contributed by atoms with E-state index in [-0.39, 0.29) is 71.2 Å². The fourth-order valence-electron chi connectivity index (χ4n) is 0.810. The SMILES string of the molecule is O=C(O)C(O)C(O)C(=O)O.O=C(O)C(O)C(O)C(=O)O.O=C(O)C(O)C(O)C(=O)O.[La].[La]. The summed E-state index contributed by atoms with van der Waals surface area (Å²) in [5.74, 6) is -10.6. The van der Waals surface area contributed by atoms with Crippen molar-refractivity contribution in [2.45, 2.75) is 36.6 Å². The molecule has 12 N–H and O–H groups in total. The summed E-state index contributed by atoms with van der Waals surface area (Å²) >= 11 is 0. The fraction of sp³-hybridized carbons (Fsp3) is 0.500. The van der Waals surface area contributed by atoms with Crippen molar-refractivity contribution >= 4 is 35.8 Å². The molecule has 32 heavy (non-hydrogen) atoms. The van der Waals surface area contributed by atoms with Crippen LogP contribution in [0.3, 0.4) is 0 Å². The molecule has 0 aromatic carbocycles. The van der Waals surface area contributed by atoms with Gasteiger partial charge in [-0.1, -0.05) is 0 Å². The first kappa shape index (κ1) is 41.2. The topological polar surface area (TPSA) is 345 Å². The second-order valence-corrected chi connectivity index (χ2v) is 4.70. The standard InChI is InChI=1S/3C4H6O6.2La/c3*5-1(3(7)8)2(6)4(9)10;;/h3*1-2,5-6H,(H,7,8)(H,9,10);;. The number of carboxylic acids is 6. The summed E-state index contributed by atoms with van der Waals surface area (Å²) in [7, 11) is 0. The van der Waals surface area contributed by atoms with Crippen LogP contribution in [-0.4, -0.2) is 134 Å². The number of hydrogen-bond acceptors (Lipinski definition) is 12. The second-order valence-electron chi connectivity index (χ2n) is 4.70. The maximum absolute atomic E-state index is 9.77. The molecule has 0 aromatic heterocycles. The third-order valence-corrected chi connectivity index (χ3v) is 2.42. The van der Waals surface area contributed by atoms with E-state index in [2.05, 4.69) is 0 Å². The van der Waals surface area contributed by atoms with Crippen LogP contribution in [0.5, 0.6) is 0 Å². The molecule has 6 atom stereocenters. The van der Waals surface area contributed by atoms with E-state index in [1.165, 1.54) is 0 Å². The number of aliphatic hydroxyl groups excluding tert-OH is 6. The monoisotopic (exact) mass is 728 g/mol. The number of aliphatic carboxylic acids is 6. The van der Waals surface area contributed by atoms with E-state index in [9.17, 15) is 28.8 Å². The van der Waals surface area contributed by atoms with Crippen molar-refractivity contribution in [1.82, 2.24) is 0 Å². The molecule has 0 bridgehead atoms. The molecule has 18 nitrogen and oxygen atoms in total. The van der Waals surface area contributed by atoms with E-state index in [0.29, 0.717) is 0 Å². The van der Waals surface area contributed by atoms with Crippen molar-refractivity contribution in [2.75, 3.05) is 0 Å². The minimum absolute atomic E-state index is 0. The predicted octanol–water partition coefficient (Wildman–Crippen LogP) is -6.37. The van der Waals surface area contributed by atoms with Crippen molar-refractivity contribution in [2.24, 2.45) is 0 Å². The van der Waals surface area contributed by atoms with Gasteiger partial charge in [-0.05, 0) is 0 Å². The first-order valence-corrected chi connectivity index (χ1v) is 6.85. The molecule has 6 unspecified atom stereocenters. The van der Waals surface area contributed by atoms with Crippen LogP contribution in [0, 0.1) is 71.2 Å². The summed E-state index contributed by atoms with van der Waals surface area (Å²) in [5.41, 5.74) is 0. The number of carbonyl (C=O) groups is 6. The van der Waals surface area contributed by atoms with Gasteiger partial charge >= 0.3 is 35.8 Å². The van der Waals surface area contributed by atoms with Crippen LogP contribution in [0.2, 0.25) is 0 Å². The second kappa shape index (κ2) is 20.6. The van der Waals surface area contributed by atoms with Crippen molar-refractivity contribution in [3.8, 4) is 0 Å². The van der Waals surface area contributed by atoms with E-state index in [1.54, 1.807) is 0 Å². The van der Waals surface area contributed by atoms with E-state index in [4.69, 9.17) is 61.3 Å². The first-order valence-electron chi connectivity index (χ1n) is 6.85. The maximum atomic E-state index is 9.77. The Balaban J connectivity index is -0.000000110. The Morgan fingerprint density at radius 1 is 0.312 bits per heavy atom. The molecule has 0 spiro atoms. The Bertz CT molecular complexity index is 498. The van der Waals surface area contributed by atoms with Gasteiger partial charge in [0.05, 0.1) is 0 Å². The van der Waals surface area contributed by atoms with Crippen molar-refractivity contribution < 1.29 is 161 Å². The first-order chi connectivity index (χ1) is 13.4. The molecule has 0 saturated carbocycles. The molecule has 0 fully saturated rings. The largest absolute Gasteiger partial charge is 0.479 e. The summed E-state index contributed by atoms with van der Waals surface area (Å²) in [6.45, 7) is 0. The van der Waals surface area contributed by atoms with Crippen molar-refractivity contribution in [3.63, 3.8) is 0 Å². The van der Waals surface area contributed by atoms with Crippen LogP contribution in [0.15, 0.2) is 0 Å². The summed E-state index contributed by atoms with van der Waals surface area (Å²) in [4.78, 5) is 58.6. The Kier molecular flexibility index (Phi) is 26.5. The van der Waals surface area contributed by atoms with Crippen LogP contribution < -0.4 is 0 Å². The molecule has 0 heterocycles. The summed E-state index contributed by atoms with van der Waals surface area (Å²) in [6.07, 6.45) is -13.6. The Labute approximate surface area is 231 Å². The Hall–Kier alpha value is -1.03. The van der Waals surface area contributed by atoms with Gasteiger partial charge in [0.15, 0.2) is 36.6 Å². The minimum Gasteiger partial charge on any atom is -0.479 e. The zero-order valence-corrected chi connectivity index (χ0v) is 22.7. The Morgan fingerprint density at radius 3 is 0.406 bits per heavy atom. The summed E-state index contributed by atoms with van der Waals surface area (Å²) in [6, 6.07) is 0. The molecule has 0 saturated heterocycles. The molecule has 2 radical (unpaired) electrons. The smallest absolute Gasteiger partial charge is 0.335 e. The quantitative estimate of drug-likeness (QED) is 0.105. The van der Waals surface area contributed by atoms with Crippen LogP contribution in [0.25, 0.3) is 0 Å². The Morgan fingerprint density at radius 2 is 0.375 bits per heavy atom. The van der Waals surface area contributed by atoms with Gasteiger partial charge in [-0.3, -0.25) is 0 Å². The van der Waals surface area contributed by atoms with Gasteiger partial charge in [-0.2, -0.15) is 0 Å². The number of hydrogen-bond donors (Lipinski definition) is 12. The fourth-order valence-corrected chi connectivity index (χ4v) is 0.810. The predicted molar refractivity (Wildman–Crippen MR) is 81.9 cm³/mol. The van der Waals surface area contributed by atoms with Crippen LogP contribution in [0.1, 0.15) is 0 Å². The number of aliphatic hydroxyl groups is 6. The zero-order valence-electron chi connectivity index (χ0n) is 15.4. The summed E-state index contributed by atoms with van der Waals surface area (Å²) < 4.78 is 0. The van der Waals surface area contributed by atoms with Crippen LogP contribution in [-0.2, 0) is 28.8 Å². The zero-order chi connectivity index (χ0) is 24.9. The molecule has 0 aliphatic carbocycles. The van der Waals surface area contributed by atoms with Gasteiger partial charge in [0.2, 0.25) is 0 Å². The van der Waals surface area contributed by atoms with Gasteiger partial charge in [0.25, 0.3) is 0 Å². The third-order valence-electron chi connectivity index (χ3n) is 2.42. The van der Waals surface area contributed by atoms with Crippen molar-refractivity contribution in [1.29, 1.82) is 0 Å². The van der Waals surface area contributed by atoms with Gasteiger partial charge in [0, 0.05) is 71.2 Å². The van der Waals surface area contributed by atoms with Crippen molar-refractivity contribution in [3.05, 3.63) is 0 Å². The van der Waals surface area contributed by atoms with Gasteiger partial charge < -0.3 is 61.3 Å². The van der Waals surface area contributed by atoms with E-state index in [1.807, 2.05) is 0 Å². The molecule has 180 valence electrons. The molecule has 20 heteroatoms. The molecular formula is C12H18La2O18. The van der Waals surface area contributed by atoms with Gasteiger partial charge in [-0.25, -0.2) is 28.8 Å². The molecule has 0 aliphatic heterocycles. The number of carboxylic acid groups (broad SMARTS) is 6. The van der Waals surface area contributed by atoms with E-state index in [0.717, 1.165) is 0 Å². The number of rotatable bonds is 9. The van der Waals surface area contributed by atoms with E-state index >= 15 is 0 Å². The molecular weight excluding hydrogens is 710 g/mol.